The average molecular weight is 515 g/mol. The van der Waals surface area contributed by atoms with Gasteiger partial charge in [0.25, 0.3) is 0 Å². The van der Waals surface area contributed by atoms with Crippen molar-refractivity contribution in [2.45, 2.75) is 80.9 Å². The molecule has 1 aliphatic heterocycles. The molecule has 9 heteroatoms. The van der Waals surface area contributed by atoms with Crippen LogP contribution in [0, 0.1) is 39.8 Å². The van der Waals surface area contributed by atoms with Gasteiger partial charge >= 0.3 is 12.1 Å². The van der Waals surface area contributed by atoms with E-state index >= 15 is 4.39 Å². The molecule has 3 unspecified atom stereocenters. The minimum atomic E-state index is -1.56. The number of aliphatic hydroxyl groups is 1. The van der Waals surface area contributed by atoms with Crippen LogP contribution in [0.25, 0.3) is 0 Å². The number of piperidine rings is 1. The van der Waals surface area contributed by atoms with Crippen molar-refractivity contribution in [3.8, 4) is 0 Å². The molecule has 3 N–H and O–H groups in total. The smallest absolute Gasteiger partial charge is 0.407 e. The van der Waals surface area contributed by atoms with E-state index in [1.165, 1.54) is 11.0 Å². The molecule has 35 heavy (non-hydrogen) atoms. The quantitative estimate of drug-likeness (QED) is 0.423. The monoisotopic (exact) mass is 514 g/mol. The van der Waals surface area contributed by atoms with Crippen LogP contribution in [0.4, 0.5) is 9.18 Å². The molecular weight excluding hydrogens is 475 g/mol. The van der Waals surface area contributed by atoms with E-state index in [-0.39, 0.29) is 35.3 Å². The summed E-state index contributed by atoms with van der Waals surface area (Å²) in [6.07, 6.45) is -2.54. The van der Waals surface area contributed by atoms with Crippen molar-refractivity contribution < 1.29 is 29.3 Å². The molecule has 0 spiro atoms. The third-order valence-corrected chi connectivity index (χ3v) is 7.78. The first-order valence-electron chi connectivity index (χ1n) is 12.0. The summed E-state index contributed by atoms with van der Waals surface area (Å²) < 4.78 is 15.8. The number of nitrogens with zero attached hydrogens (tertiary/aromatic N) is 2. The Balaban J connectivity index is 2.90. The molecule has 0 aliphatic carbocycles. The molecule has 198 valence electrons. The summed E-state index contributed by atoms with van der Waals surface area (Å²) in [5.41, 5.74) is -2.99. The van der Waals surface area contributed by atoms with E-state index in [0.29, 0.717) is 0 Å². The summed E-state index contributed by atoms with van der Waals surface area (Å²) in [5, 5.41) is 31.4. The van der Waals surface area contributed by atoms with Gasteiger partial charge in [0.15, 0.2) is 5.82 Å². The maximum Gasteiger partial charge on any atom is 0.407 e. The van der Waals surface area contributed by atoms with Crippen LogP contribution in [-0.4, -0.2) is 49.9 Å². The maximum absolute atomic E-state index is 15.8. The molecule has 5 atom stereocenters. The van der Waals surface area contributed by atoms with Gasteiger partial charge in [-0.05, 0) is 35.7 Å². The fourth-order valence-corrected chi connectivity index (χ4v) is 6.50. The summed E-state index contributed by atoms with van der Waals surface area (Å²) in [5.74, 6) is -3.54. The summed E-state index contributed by atoms with van der Waals surface area (Å²) >= 11 is 6.24. The molecule has 1 fully saturated rings. The number of aromatic nitrogens is 1. The van der Waals surface area contributed by atoms with Crippen molar-refractivity contribution >= 4 is 23.7 Å². The van der Waals surface area contributed by atoms with Crippen LogP contribution in [0.2, 0.25) is 5.15 Å². The second-order valence-corrected chi connectivity index (χ2v) is 12.8. The average Bonchev–Trinajstić information content (AvgIpc) is 2.67. The Morgan fingerprint density at radius 1 is 1.20 bits per heavy atom. The number of carbonyl (C=O) groups is 2. The van der Waals surface area contributed by atoms with E-state index in [1.54, 1.807) is 20.8 Å². The van der Waals surface area contributed by atoms with Crippen molar-refractivity contribution in [1.82, 2.24) is 9.88 Å². The Kier molecular flexibility index (Phi) is 8.24. The summed E-state index contributed by atoms with van der Waals surface area (Å²) in [6.45, 7) is 16.5. The van der Waals surface area contributed by atoms with Gasteiger partial charge in [-0.2, -0.15) is 0 Å². The Morgan fingerprint density at radius 3 is 2.14 bits per heavy atom. The second-order valence-electron chi connectivity index (χ2n) is 12.4. The number of amides is 1. The number of likely N-dealkylation sites (tertiary alicyclic amines) is 1. The Hall–Kier alpha value is -1.93. The molecule has 1 aliphatic rings. The molecular formula is C26H40ClFN2O5. The fraction of sp³-hybridized carbons (Fsp3) is 0.731. The van der Waals surface area contributed by atoms with Crippen molar-refractivity contribution in [3.05, 3.63) is 28.3 Å². The topological polar surface area (TPSA) is 111 Å². The van der Waals surface area contributed by atoms with Gasteiger partial charge in [0, 0.05) is 30.5 Å². The number of carboxylic acid groups (broad SMARTS) is 2. The number of hydrogen-bond acceptors (Lipinski definition) is 4. The third kappa shape index (κ3) is 5.43. The highest BCUT2D eigenvalue weighted by Gasteiger charge is 2.64. The van der Waals surface area contributed by atoms with E-state index in [9.17, 15) is 24.9 Å². The second kappa shape index (κ2) is 9.85. The number of aliphatic hydroxyl groups excluding tert-OH is 1. The first kappa shape index (κ1) is 29.3. The van der Waals surface area contributed by atoms with E-state index in [0.717, 1.165) is 0 Å². The van der Waals surface area contributed by atoms with Crippen molar-refractivity contribution in [2.24, 2.45) is 34.0 Å². The molecule has 1 amide bonds. The number of rotatable bonds is 5. The van der Waals surface area contributed by atoms with Gasteiger partial charge in [-0.25, -0.2) is 14.2 Å². The summed E-state index contributed by atoms with van der Waals surface area (Å²) in [4.78, 5) is 31.0. The van der Waals surface area contributed by atoms with E-state index in [2.05, 4.69) is 4.98 Å². The highest BCUT2D eigenvalue weighted by atomic mass is 35.5. The summed E-state index contributed by atoms with van der Waals surface area (Å²) in [6, 6.07) is 0.626. The van der Waals surface area contributed by atoms with Gasteiger partial charge in [-0.1, -0.05) is 67.0 Å². The predicted molar refractivity (Wildman–Crippen MR) is 133 cm³/mol. The molecule has 0 bridgehead atoms. The van der Waals surface area contributed by atoms with Gasteiger partial charge in [0.2, 0.25) is 0 Å². The highest BCUT2D eigenvalue weighted by Crippen LogP contribution is 2.58. The zero-order valence-electron chi connectivity index (χ0n) is 22.2. The molecule has 0 radical (unpaired) electrons. The lowest BCUT2D eigenvalue weighted by molar-refractivity contribution is -0.184. The predicted octanol–water partition coefficient (Wildman–Crippen LogP) is 5.88. The molecule has 2 heterocycles. The highest BCUT2D eigenvalue weighted by molar-refractivity contribution is 6.29. The van der Waals surface area contributed by atoms with Crippen LogP contribution in [0.15, 0.2) is 6.07 Å². The van der Waals surface area contributed by atoms with Gasteiger partial charge in [0.05, 0.1) is 17.2 Å². The van der Waals surface area contributed by atoms with Crippen LogP contribution in [-0.2, 0) is 11.2 Å². The maximum atomic E-state index is 15.8. The Morgan fingerprint density at radius 2 is 1.74 bits per heavy atom. The molecule has 1 aromatic rings. The van der Waals surface area contributed by atoms with Crippen LogP contribution in [0.1, 0.15) is 79.7 Å². The first-order chi connectivity index (χ1) is 15.8. The van der Waals surface area contributed by atoms with Crippen LogP contribution < -0.4 is 0 Å². The lowest BCUT2D eigenvalue weighted by Crippen LogP contribution is -2.68. The lowest BCUT2D eigenvalue weighted by atomic mass is 9.48. The minimum absolute atomic E-state index is 0.0114. The largest absolute Gasteiger partial charge is 0.481 e. The standard InChI is InChI=1S/C26H40ClFN2O5/c1-13(2)20(31)15-10-18(27)29-16(19(15)28)11-26(22(32)33)17(24(4,5)6)12-30(23(34)35)14(3)21(26)25(7,8)9/h10,13-14,17,20-21,31H,11-12H2,1-9H3,(H,32,33)(H,34,35)/t14-,17?,20?,21?,26-/m1/s1. The fourth-order valence-electron chi connectivity index (χ4n) is 6.28. The normalized spacial score (nSPS) is 26.7. The van der Waals surface area contributed by atoms with Gasteiger partial charge in [-0.3, -0.25) is 4.79 Å². The number of hydrogen-bond donors (Lipinski definition) is 3. The molecule has 0 saturated carbocycles. The van der Waals surface area contributed by atoms with Crippen LogP contribution in [0.3, 0.4) is 0 Å². The lowest BCUT2D eigenvalue weighted by Gasteiger charge is -2.60. The molecule has 1 saturated heterocycles. The van der Waals surface area contributed by atoms with Crippen molar-refractivity contribution in [3.63, 3.8) is 0 Å². The zero-order chi connectivity index (χ0) is 27.3. The third-order valence-electron chi connectivity index (χ3n) is 7.59. The van der Waals surface area contributed by atoms with Crippen molar-refractivity contribution in [2.75, 3.05) is 6.54 Å². The first-order valence-corrected chi connectivity index (χ1v) is 12.4. The molecule has 7 nitrogen and oxygen atoms in total. The number of aliphatic carboxylic acids is 1. The Bertz CT molecular complexity index is 972. The van der Waals surface area contributed by atoms with Gasteiger partial charge in [0.1, 0.15) is 5.15 Å². The van der Waals surface area contributed by atoms with Crippen LogP contribution >= 0.6 is 11.6 Å². The van der Waals surface area contributed by atoms with Gasteiger partial charge in [-0.15, -0.1) is 0 Å². The number of pyridine rings is 1. The Labute approximate surface area is 212 Å². The van der Waals surface area contributed by atoms with E-state index in [4.69, 9.17) is 11.6 Å². The number of carboxylic acids is 1. The molecule has 2 rings (SSSR count). The van der Waals surface area contributed by atoms with E-state index < -0.39 is 58.1 Å². The van der Waals surface area contributed by atoms with Crippen LogP contribution in [0.5, 0.6) is 0 Å². The zero-order valence-corrected chi connectivity index (χ0v) is 22.9. The SMILES string of the molecule is CC(C)C(O)c1cc(Cl)nc(C[C@@]2(C(=O)O)C(C(C)(C)C)CN(C(=O)O)[C@H](C)C2C(C)(C)C)c1F. The number of halogens is 2. The van der Waals surface area contributed by atoms with Crippen molar-refractivity contribution in [1.29, 1.82) is 0 Å². The molecule has 0 aromatic carbocycles. The molecule has 1 aromatic heterocycles. The van der Waals surface area contributed by atoms with Gasteiger partial charge < -0.3 is 20.2 Å². The van der Waals surface area contributed by atoms with E-state index in [1.807, 2.05) is 41.5 Å². The summed E-state index contributed by atoms with van der Waals surface area (Å²) in [7, 11) is 0. The minimum Gasteiger partial charge on any atom is -0.481 e.